The number of rotatable bonds is 4. The average Bonchev–Trinajstić information content (AvgIpc) is 3.14. The van der Waals surface area contributed by atoms with Crippen LogP contribution in [0.3, 0.4) is 0 Å². The number of fused-ring (bicyclic) bond motifs is 1. The number of nitrogens with one attached hydrogen (secondary N) is 1. The largest absolute Gasteiger partial charge is 0.465 e. The van der Waals surface area contributed by atoms with Crippen molar-refractivity contribution >= 4 is 39.9 Å². The number of nitrogens with zero attached hydrogens (tertiary/aromatic N) is 1. The van der Waals surface area contributed by atoms with E-state index in [1.165, 1.54) is 7.11 Å². The highest BCUT2D eigenvalue weighted by Crippen LogP contribution is 2.32. The Labute approximate surface area is 168 Å². The third-order valence-electron chi connectivity index (χ3n) is 5.10. The summed E-state index contributed by atoms with van der Waals surface area (Å²) >= 11 is 0. The lowest BCUT2D eigenvalue weighted by atomic mass is 10.1. The average molecular weight is 388 g/mol. The zero-order chi connectivity index (χ0) is 20.4. The Hall–Kier alpha value is -3.67. The number of amides is 2. The molecule has 1 aliphatic heterocycles. The lowest BCUT2D eigenvalue weighted by Crippen LogP contribution is -2.28. The molecule has 1 fully saturated rings. The van der Waals surface area contributed by atoms with Crippen LogP contribution in [-0.2, 0) is 14.3 Å². The topological polar surface area (TPSA) is 75.7 Å². The van der Waals surface area contributed by atoms with E-state index < -0.39 is 11.9 Å². The van der Waals surface area contributed by atoms with Crippen molar-refractivity contribution in [3.8, 4) is 0 Å². The molecule has 0 bridgehead atoms. The van der Waals surface area contributed by atoms with Gasteiger partial charge in [0, 0.05) is 24.0 Å². The first kappa shape index (κ1) is 18.7. The Bertz CT molecular complexity index is 1100. The normalized spacial score (nSPS) is 16.1. The van der Waals surface area contributed by atoms with E-state index in [0.29, 0.717) is 17.8 Å². The summed E-state index contributed by atoms with van der Waals surface area (Å²) in [5.74, 6) is -1.27. The van der Waals surface area contributed by atoms with Gasteiger partial charge in [0.15, 0.2) is 0 Å². The fourth-order valence-electron chi connectivity index (χ4n) is 3.65. The van der Waals surface area contributed by atoms with E-state index in [0.717, 1.165) is 16.5 Å². The molecule has 146 valence electrons. The van der Waals surface area contributed by atoms with Crippen LogP contribution in [0.15, 0.2) is 66.7 Å². The summed E-state index contributed by atoms with van der Waals surface area (Å²) in [6.45, 7) is 0.315. The highest BCUT2D eigenvalue weighted by atomic mass is 16.5. The van der Waals surface area contributed by atoms with Crippen molar-refractivity contribution in [2.45, 2.75) is 6.42 Å². The van der Waals surface area contributed by atoms with Gasteiger partial charge in [-0.25, -0.2) is 4.79 Å². The van der Waals surface area contributed by atoms with Gasteiger partial charge in [0.2, 0.25) is 11.8 Å². The number of carbonyl (C=O) groups excluding carboxylic acids is 3. The molecule has 1 N–H and O–H groups in total. The summed E-state index contributed by atoms with van der Waals surface area (Å²) in [4.78, 5) is 38.7. The van der Waals surface area contributed by atoms with E-state index in [-0.39, 0.29) is 18.2 Å². The molecular weight excluding hydrogens is 368 g/mol. The predicted molar refractivity (Wildman–Crippen MR) is 111 cm³/mol. The maximum Gasteiger partial charge on any atom is 0.337 e. The Morgan fingerprint density at radius 2 is 1.79 bits per heavy atom. The number of anilines is 2. The second-order valence-corrected chi connectivity index (χ2v) is 6.97. The van der Waals surface area contributed by atoms with Crippen LogP contribution in [0, 0.1) is 5.92 Å². The van der Waals surface area contributed by atoms with Crippen molar-refractivity contribution in [2.24, 2.45) is 5.92 Å². The number of hydrogen-bond acceptors (Lipinski definition) is 4. The summed E-state index contributed by atoms with van der Waals surface area (Å²) in [7, 11) is 1.31. The highest BCUT2D eigenvalue weighted by Gasteiger charge is 2.35. The summed E-state index contributed by atoms with van der Waals surface area (Å²) in [6, 6.07) is 20.2. The minimum absolute atomic E-state index is 0.0789. The first-order valence-electron chi connectivity index (χ1n) is 9.34. The Morgan fingerprint density at radius 1 is 1.03 bits per heavy atom. The van der Waals surface area contributed by atoms with Gasteiger partial charge >= 0.3 is 5.97 Å². The molecule has 1 aliphatic rings. The maximum absolute atomic E-state index is 12.7. The second-order valence-electron chi connectivity index (χ2n) is 6.97. The minimum Gasteiger partial charge on any atom is -0.465 e. The van der Waals surface area contributed by atoms with Gasteiger partial charge in [-0.3, -0.25) is 9.59 Å². The van der Waals surface area contributed by atoms with Crippen molar-refractivity contribution in [1.29, 1.82) is 0 Å². The molecule has 0 spiro atoms. The summed E-state index contributed by atoms with van der Waals surface area (Å²) < 4.78 is 4.71. The van der Waals surface area contributed by atoms with E-state index in [9.17, 15) is 14.4 Å². The zero-order valence-electron chi connectivity index (χ0n) is 15.9. The van der Waals surface area contributed by atoms with E-state index in [4.69, 9.17) is 4.74 Å². The van der Waals surface area contributed by atoms with E-state index in [1.807, 2.05) is 42.5 Å². The molecule has 4 rings (SSSR count). The molecule has 0 saturated carbocycles. The lowest BCUT2D eigenvalue weighted by molar-refractivity contribution is -0.122. The van der Waals surface area contributed by atoms with Gasteiger partial charge < -0.3 is 15.0 Å². The highest BCUT2D eigenvalue weighted by molar-refractivity contribution is 6.08. The summed E-state index contributed by atoms with van der Waals surface area (Å²) in [5, 5.41) is 4.84. The van der Waals surface area contributed by atoms with Crippen LogP contribution in [0.5, 0.6) is 0 Å². The SMILES string of the molecule is COC(=O)c1cccc(NC(=O)C2CC(=O)N(c3cccc4ccccc34)C2)c1. The zero-order valence-corrected chi connectivity index (χ0v) is 15.9. The smallest absolute Gasteiger partial charge is 0.337 e. The van der Waals surface area contributed by atoms with Gasteiger partial charge in [-0.1, -0.05) is 42.5 Å². The van der Waals surface area contributed by atoms with Crippen LogP contribution < -0.4 is 10.2 Å². The second kappa shape index (κ2) is 7.75. The first-order chi connectivity index (χ1) is 14.1. The van der Waals surface area contributed by atoms with Gasteiger partial charge in [-0.15, -0.1) is 0 Å². The van der Waals surface area contributed by atoms with Gasteiger partial charge in [-0.2, -0.15) is 0 Å². The Balaban J connectivity index is 1.52. The van der Waals surface area contributed by atoms with Crippen molar-refractivity contribution in [3.05, 3.63) is 72.3 Å². The van der Waals surface area contributed by atoms with Crippen molar-refractivity contribution < 1.29 is 19.1 Å². The summed E-state index contributed by atoms with van der Waals surface area (Å²) in [6.07, 6.45) is 0.145. The maximum atomic E-state index is 12.7. The summed E-state index contributed by atoms with van der Waals surface area (Å²) in [5.41, 5.74) is 1.66. The molecule has 1 unspecified atom stereocenters. The van der Waals surface area contributed by atoms with Crippen molar-refractivity contribution in [1.82, 2.24) is 0 Å². The molecule has 0 aromatic heterocycles. The first-order valence-corrected chi connectivity index (χ1v) is 9.34. The molecule has 2 amide bonds. The van der Waals surface area contributed by atoms with Crippen molar-refractivity contribution in [2.75, 3.05) is 23.9 Å². The van der Waals surface area contributed by atoms with E-state index >= 15 is 0 Å². The number of carbonyl (C=O) groups is 3. The molecule has 29 heavy (non-hydrogen) atoms. The predicted octanol–water partition coefficient (Wildman–Crippen LogP) is 3.62. The van der Waals surface area contributed by atoms with Crippen LogP contribution in [0.1, 0.15) is 16.8 Å². The molecule has 3 aromatic rings. The monoisotopic (exact) mass is 388 g/mol. The fraction of sp³-hybridized carbons (Fsp3) is 0.174. The molecule has 0 radical (unpaired) electrons. The van der Waals surface area contributed by atoms with Crippen LogP contribution >= 0.6 is 0 Å². The number of esters is 1. The number of benzene rings is 3. The quantitative estimate of drug-likeness (QED) is 0.693. The molecule has 1 heterocycles. The van der Waals surface area contributed by atoms with Crippen LogP contribution in [0.25, 0.3) is 10.8 Å². The molecule has 6 heteroatoms. The third kappa shape index (κ3) is 3.69. The standard InChI is InChI=1S/C23H20N2O4/c1-29-23(28)16-8-4-9-18(12-16)24-22(27)17-13-21(26)25(14-17)20-11-5-7-15-6-2-3-10-19(15)20/h2-12,17H,13-14H2,1H3,(H,24,27). The van der Waals surface area contributed by atoms with E-state index in [2.05, 4.69) is 5.32 Å². The molecule has 1 saturated heterocycles. The molecule has 0 aliphatic carbocycles. The molecular formula is C23H20N2O4. The fourth-order valence-corrected chi connectivity index (χ4v) is 3.65. The van der Waals surface area contributed by atoms with Crippen LogP contribution in [-0.4, -0.2) is 31.4 Å². The Kier molecular flexibility index (Phi) is 4.99. The number of ether oxygens (including phenoxy) is 1. The van der Waals surface area contributed by atoms with Crippen LogP contribution in [0.4, 0.5) is 11.4 Å². The lowest BCUT2D eigenvalue weighted by Gasteiger charge is -2.19. The van der Waals surface area contributed by atoms with Gasteiger partial charge in [0.1, 0.15) is 0 Å². The van der Waals surface area contributed by atoms with Gasteiger partial charge in [0.25, 0.3) is 0 Å². The molecule has 1 atom stereocenters. The van der Waals surface area contributed by atoms with Crippen LogP contribution in [0.2, 0.25) is 0 Å². The van der Waals surface area contributed by atoms with Gasteiger partial charge in [0.05, 0.1) is 24.3 Å². The van der Waals surface area contributed by atoms with Gasteiger partial charge in [-0.05, 0) is 29.7 Å². The van der Waals surface area contributed by atoms with Crippen molar-refractivity contribution in [3.63, 3.8) is 0 Å². The Morgan fingerprint density at radius 3 is 2.62 bits per heavy atom. The minimum atomic E-state index is -0.473. The molecule has 6 nitrogen and oxygen atoms in total. The van der Waals surface area contributed by atoms with E-state index in [1.54, 1.807) is 29.2 Å². The number of methoxy groups -OCH3 is 1. The third-order valence-corrected chi connectivity index (χ3v) is 5.10. The molecule has 3 aromatic carbocycles. The number of hydrogen-bond donors (Lipinski definition) is 1.